The van der Waals surface area contributed by atoms with Gasteiger partial charge in [-0.3, -0.25) is 0 Å². The average Bonchev–Trinajstić information content (AvgIpc) is 2.81. The Morgan fingerprint density at radius 1 is 1.11 bits per heavy atom. The van der Waals surface area contributed by atoms with Crippen molar-refractivity contribution in [1.82, 2.24) is 9.61 Å². The van der Waals surface area contributed by atoms with Crippen LogP contribution in [-0.4, -0.2) is 9.61 Å². The first-order valence-corrected chi connectivity index (χ1v) is 6.20. The second-order valence-corrected chi connectivity index (χ2v) is 4.84. The van der Waals surface area contributed by atoms with Gasteiger partial charge < -0.3 is 0 Å². The first-order valence-electron chi connectivity index (χ1n) is 5.41. The summed E-state index contributed by atoms with van der Waals surface area (Å²) < 4.78 is 2.82. The molecule has 3 rings (SSSR count). The molecule has 0 unspecified atom stereocenters. The third-order valence-electron chi connectivity index (χ3n) is 2.81. The maximum Gasteiger partial charge on any atom is 0.0991 e. The van der Waals surface area contributed by atoms with Crippen LogP contribution in [0.4, 0.5) is 0 Å². The second kappa shape index (κ2) is 4.28. The number of hydrogen-bond donors (Lipinski definition) is 0. The normalized spacial score (nSPS) is 10.4. The Morgan fingerprint density at radius 2 is 1.89 bits per heavy atom. The smallest absolute Gasteiger partial charge is 0.0991 e. The fourth-order valence-corrected chi connectivity index (χ4v) is 2.23. The summed E-state index contributed by atoms with van der Waals surface area (Å²) in [5.74, 6) is 0. The molecule has 0 N–H and O–H groups in total. The van der Waals surface area contributed by atoms with Gasteiger partial charge in [0.05, 0.1) is 23.3 Å². The summed E-state index contributed by atoms with van der Waals surface area (Å²) in [4.78, 5) is 0. The monoisotopic (exact) mass is 297 g/mol. The molecule has 3 aromatic rings. The molecule has 1 aromatic carbocycles. The second-order valence-electron chi connectivity index (χ2n) is 3.92. The topological polar surface area (TPSA) is 41.1 Å². The van der Waals surface area contributed by atoms with E-state index in [0.29, 0.717) is 5.56 Å². The van der Waals surface area contributed by atoms with Crippen molar-refractivity contribution in [3.8, 4) is 17.2 Å². The Kier molecular flexibility index (Phi) is 2.62. The highest BCUT2D eigenvalue weighted by Gasteiger charge is 2.06. The summed E-state index contributed by atoms with van der Waals surface area (Å²) in [5.41, 5.74) is 3.83. The number of halogens is 1. The van der Waals surface area contributed by atoms with E-state index in [9.17, 15) is 0 Å². The third-order valence-corrected chi connectivity index (χ3v) is 3.27. The van der Waals surface area contributed by atoms with E-state index < -0.39 is 0 Å². The molecule has 0 saturated carbocycles. The largest absolute Gasteiger partial charge is 0.239 e. The highest BCUT2D eigenvalue weighted by Crippen LogP contribution is 2.25. The molecule has 0 aliphatic heterocycles. The number of hydrogen-bond acceptors (Lipinski definition) is 2. The van der Waals surface area contributed by atoms with Crippen LogP contribution in [-0.2, 0) is 0 Å². The van der Waals surface area contributed by atoms with E-state index in [1.807, 2.05) is 53.3 Å². The predicted molar refractivity (Wildman–Crippen MR) is 73.0 cm³/mol. The van der Waals surface area contributed by atoms with Crippen LogP contribution >= 0.6 is 15.9 Å². The summed E-state index contributed by atoms with van der Waals surface area (Å²) in [5, 5.41) is 13.1. The van der Waals surface area contributed by atoms with Gasteiger partial charge in [-0.2, -0.15) is 10.4 Å². The van der Waals surface area contributed by atoms with E-state index >= 15 is 0 Å². The van der Waals surface area contributed by atoms with Gasteiger partial charge >= 0.3 is 0 Å². The van der Waals surface area contributed by atoms with Gasteiger partial charge in [0.1, 0.15) is 0 Å². The summed E-state index contributed by atoms with van der Waals surface area (Å²) in [6.07, 6.45) is 3.76. The quantitative estimate of drug-likeness (QED) is 0.688. The minimum atomic E-state index is 0.665. The molecule has 0 fully saturated rings. The summed E-state index contributed by atoms with van der Waals surface area (Å²) >= 11 is 3.42. The van der Waals surface area contributed by atoms with Gasteiger partial charge in [-0.05, 0) is 45.8 Å². The van der Waals surface area contributed by atoms with Crippen molar-refractivity contribution in [2.75, 3.05) is 0 Å². The minimum absolute atomic E-state index is 0.665. The van der Waals surface area contributed by atoms with Crippen molar-refractivity contribution in [3.63, 3.8) is 0 Å². The highest BCUT2D eigenvalue weighted by atomic mass is 79.9. The van der Waals surface area contributed by atoms with Crippen molar-refractivity contribution in [1.29, 1.82) is 5.26 Å². The van der Waals surface area contributed by atoms with Gasteiger partial charge in [0, 0.05) is 16.2 Å². The van der Waals surface area contributed by atoms with Gasteiger partial charge in [0.15, 0.2) is 0 Å². The zero-order valence-corrected chi connectivity index (χ0v) is 10.9. The Bertz CT molecular complexity index is 751. The molecule has 0 radical (unpaired) electrons. The molecular formula is C14H8BrN3. The first kappa shape index (κ1) is 11.0. The molecule has 0 amide bonds. The molecule has 2 heterocycles. The molecule has 0 saturated heterocycles. The van der Waals surface area contributed by atoms with Crippen molar-refractivity contribution < 1.29 is 0 Å². The molecule has 2 aromatic heterocycles. The predicted octanol–water partition coefficient (Wildman–Crippen LogP) is 3.64. The fraction of sp³-hybridized carbons (Fsp3) is 0. The molecule has 4 heteroatoms. The zero-order valence-electron chi connectivity index (χ0n) is 9.34. The van der Waals surface area contributed by atoms with Crippen molar-refractivity contribution in [2.24, 2.45) is 0 Å². The number of nitriles is 1. The maximum atomic E-state index is 8.79. The van der Waals surface area contributed by atoms with E-state index in [1.54, 1.807) is 0 Å². The standard InChI is InChI=1S/C14H8BrN3/c15-12-5-6-14-13(8-17-18(14)9-12)11-3-1-10(7-16)2-4-11/h1-6,8-9H. The molecule has 0 bridgehead atoms. The average molecular weight is 298 g/mol. The lowest BCUT2D eigenvalue weighted by Gasteiger charge is -2.00. The fourth-order valence-electron chi connectivity index (χ4n) is 1.91. The Labute approximate surface area is 112 Å². The number of aromatic nitrogens is 2. The zero-order chi connectivity index (χ0) is 12.5. The molecule has 0 atom stereocenters. The summed E-state index contributed by atoms with van der Waals surface area (Å²) in [6, 6.07) is 13.6. The van der Waals surface area contributed by atoms with Gasteiger partial charge in [-0.1, -0.05) is 12.1 Å². The summed E-state index contributed by atoms with van der Waals surface area (Å²) in [7, 11) is 0. The van der Waals surface area contributed by atoms with Gasteiger partial charge in [-0.15, -0.1) is 0 Å². The molecule has 86 valence electrons. The lowest BCUT2D eigenvalue weighted by molar-refractivity contribution is 0.956. The van der Waals surface area contributed by atoms with E-state index in [-0.39, 0.29) is 0 Å². The molecule has 0 aliphatic rings. The Balaban J connectivity index is 2.16. The molecule has 18 heavy (non-hydrogen) atoms. The molecule has 3 nitrogen and oxygen atoms in total. The van der Waals surface area contributed by atoms with Crippen LogP contribution in [0, 0.1) is 11.3 Å². The van der Waals surface area contributed by atoms with Crippen molar-refractivity contribution >= 4 is 21.4 Å². The number of nitrogens with zero attached hydrogens (tertiary/aromatic N) is 3. The van der Waals surface area contributed by atoms with Crippen LogP contribution in [0.15, 0.2) is 53.3 Å². The lowest BCUT2D eigenvalue weighted by atomic mass is 10.1. The molecule has 0 spiro atoms. The van der Waals surface area contributed by atoms with Crippen LogP contribution in [0.2, 0.25) is 0 Å². The third kappa shape index (κ3) is 1.79. The van der Waals surface area contributed by atoms with E-state index in [2.05, 4.69) is 27.1 Å². The minimum Gasteiger partial charge on any atom is -0.239 e. The number of pyridine rings is 1. The number of benzene rings is 1. The Morgan fingerprint density at radius 3 is 2.61 bits per heavy atom. The maximum absolute atomic E-state index is 8.79. The van der Waals surface area contributed by atoms with E-state index in [1.165, 1.54) is 0 Å². The van der Waals surface area contributed by atoms with Gasteiger partial charge in [-0.25, -0.2) is 4.52 Å². The summed E-state index contributed by atoms with van der Waals surface area (Å²) in [6.45, 7) is 0. The lowest BCUT2D eigenvalue weighted by Crippen LogP contribution is -1.85. The van der Waals surface area contributed by atoms with Crippen molar-refractivity contribution in [3.05, 3.63) is 58.8 Å². The van der Waals surface area contributed by atoms with Crippen LogP contribution in [0.1, 0.15) is 5.56 Å². The van der Waals surface area contributed by atoms with Gasteiger partial charge in [0.2, 0.25) is 0 Å². The van der Waals surface area contributed by atoms with E-state index in [4.69, 9.17) is 5.26 Å². The SMILES string of the molecule is N#Cc1ccc(-c2cnn3cc(Br)ccc23)cc1. The van der Waals surface area contributed by atoms with Crippen molar-refractivity contribution in [2.45, 2.75) is 0 Å². The van der Waals surface area contributed by atoms with E-state index in [0.717, 1.165) is 21.1 Å². The van der Waals surface area contributed by atoms with Crippen LogP contribution in [0.5, 0.6) is 0 Å². The van der Waals surface area contributed by atoms with Crippen LogP contribution in [0.25, 0.3) is 16.6 Å². The number of rotatable bonds is 1. The van der Waals surface area contributed by atoms with Crippen LogP contribution in [0.3, 0.4) is 0 Å². The van der Waals surface area contributed by atoms with Crippen LogP contribution < -0.4 is 0 Å². The molecular weight excluding hydrogens is 290 g/mol. The Hall–Kier alpha value is -2.12. The highest BCUT2D eigenvalue weighted by molar-refractivity contribution is 9.10. The first-order chi connectivity index (χ1) is 8.78. The van der Waals surface area contributed by atoms with Gasteiger partial charge in [0.25, 0.3) is 0 Å². The molecule has 0 aliphatic carbocycles. The number of fused-ring (bicyclic) bond motifs is 1.